The number of aromatic nitrogens is 3. The van der Waals surface area contributed by atoms with E-state index in [0.29, 0.717) is 13.2 Å². The van der Waals surface area contributed by atoms with Crippen molar-refractivity contribution in [3.63, 3.8) is 0 Å². The largest absolute Gasteiger partial charge is 0.465 e. The number of carbonyl (C=O) groups is 1. The highest BCUT2D eigenvalue weighted by Crippen LogP contribution is 1.95. The molecular formula is C10H18N4O2. The fourth-order valence-electron chi connectivity index (χ4n) is 1.28. The second-order valence-electron chi connectivity index (χ2n) is 3.35. The molecule has 0 amide bonds. The first kappa shape index (κ1) is 12.6. The molecule has 0 aliphatic heterocycles. The molecule has 1 aromatic rings. The first-order valence-electron chi connectivity index (χ1n) is 5.45. The number of nitrogens with one attached hydrogen (secondary N) is 1. The first-order valence-corrected chi connectivity index (χ1v) is 5.45. The third-order valence-electron chi connectivity index (χ3n) is 2.20. The van der Waals surface area contributed by atoms with Crippen molar-refractivity contribution < 1.29 is 9.53 Å². The zero-order valence-corrected chi connectivity index (χ0v) is 9.93. The number of ether oxygens (including phenoxy) is 1. The lowest BCUT2D eigenvalue weighted by Gasteiger charge is -2.12. The molecule has 6 nitrogen and oxygen atoms in total. The number of carbonyl (C=O) groups excluding carboxylic acids is 1. The van der Waals surface area contributed by atoms with Crippen molar-refractivity contribution >= 4 is 5.97 Å². The third-order valence-corrected chi connectivity index (χ3v) is 2.20. The zero-order chi connectivity index (χ0) is 12.0. The summed E-state index contributed by atoms with van der Waals surface area (Å²) in [6.45, 7) is 7.23. The molecule has 1 aromatic heterocycles. The van der Waals surface area contributed by atoms with Crippen molar-refractivity contribution in [1.82, 2.24) is 20.1 Å². The van der Waals surface area contributed by atoms with Gasteiger partial charge in [-0.3, -0.25) is 10.1 Å². The maximum absolute atomic E-state index is 11.3. The monoisotopic (exact) mass is 226 g/mol. The average Bonchev–Trinajstić information content (AvgIpc) is 2.73. The van der Waals surface area contributed by atoms with E-state index in [1.54, 1.807) is 18.5 Å². The number of esters is 1. The van der Waals surface area contributed by atoms with Crippen LogP contribution < -0.4 is 5.32 Å². The first-order chi connectivity index (χ1) is 7.69. The van der Waals surface area contributed by atoms with Crippen LogP contribution in [0, 0.1) is 0 Å². The number of aryl methyl sites for hydroxylation is 1. The fourth-order valence-corrected chi connectivity index (χ4v) is 1.28. The smallest absolute Gasteiger partial charge is 0.322 e. The van der Waals surface area contributed by atoms with Crippen molar-refractivity contribution in [3.05, 3.63) is 12.2 Å². The van der Waals surface area contributed by atoms with Gasteiger partial charge in [0.05, 0.1) is 13.2 Å². The molecule has 1 N–H and O–H groups in total. The van der Waals surface area contributed by atoms with Crippen molar-refractivity contribution in [1.29, 1.82) is 0 Å². The fraction of sp³-hybridized carbons (Fsp3) is 0.700. The molecule has 0 fully saturated rings. The van der Waals surface area contributed by atoms with Crippen LogP contribution in [0.2, 0.25) is 0 Å². The standard InChI is InChI=1S/C10H18N4O2/c1-4-14-9(12-7-13-14)6-11-8(3)10(15)16-5-2/h7-8,11H,4-6H2,1-3H3. The van der Waals surface area contributed by atoms with Crippen LogP contribution in [0.1, 0.15) is 26.6 Å². The summed E-state index contributed by atoms with van der Waals surface area (Å²) in [5.74, 6) is 0.573. The van der Waals surface area contributed by atoms with Crippen molar-refractivity contribution in [2.45, 2.75) is 39.9 Å². The van der Waals surface area contributed by atoms with Crippen LogP contribution in [0.5, 0.6) is 0 Å². The number of hydrogen-bond acceptors (Lipinski definition) is 5. The molecule has 0 bridgehead atoms. The Morgan fingerprint density at radius 2 is 2.38 bits per heavy atom. The molecule has 1 rings (SSSR count). The second kappa shape index (κ2) is 6.22. The van der Waals surface area contributed by atoms with Crippen LogP contribution in [0.4, 0.5) is 0 Å². The zero-order valence-electron chi connectivity index (χ0n) is 9.93. The molecule has 0 radical (unpaired) electrons. The van der Waals surface area contributed by atoms with Crippen LogP contribution >= 0.6 is 0 Å². The van der Waals surface area contributed by atoms with Crippen LogP contribution in [0.15, 0.2) is 6.33 Å². The van der Waals surface area contributed by atoms with Crippen molar-refractivity contribution in [2.24, 2.45) is 0 Å². The van der Waals surface area contributed by atoms with E-state index in [4.69, 9.17) is 4.74 Å². The minimum absolute atomic E-state index is 0.245. The Hall–Kier alpha value is -1.43. The molecule has 16 heavy (non-hydrogen) atoms. The minimum Gasteiger partial charge on any atom is -0.465 e. The molecule has 0 aliphatic carbocycles. The summed E-state index contributed by atoms with van der Waals surface area (Å²) in [5, 5.41) is 7.09. The molecular weight excluding hydrogens is 208 g/mol. The Kier molecular flexibility index (Phi) is 4.91. The van der Waals surface area contributed by atoms with Gasteiger partial charge in [0.25, 0.3) is 0 Å². The molecule has 90 valence electrons. The van der Waals surface area contributed by atoms with E-state index in [0.717, 1.165) is 12.4 Å². The van der Waals surface area contributed by atoms with Gasteiger partial charge in [0, 0.05) is 6.54 Å². The molecule has 6 heteroatoms. The quantitative estimate of drug-likeness (QED) is 0.708. The lowest BCUT2D eigenvalue weighted by molar-refractivity contribution is -0.145. The van der Waals surface area contributed by atoms with Gasteiger partial charge in [-0.05, 0) is 20.8 Å². The van der Waals surface area contributed by atoms with E-state index in [1.165, 1.54) is 6.33 Å². The molecule has 1 atom stereocenters. The summed E-state index contributed by atoms with van der Waals surface area (Å²) < 4.78 is 6.67. The van der Waals surface area contributed by atoms with Gasteiger partial charge in [0.15, 0.2) is 0 Å². The Labute approximate surface area is 95.0 Å². The minimum atomic E-state index is -0.332. The molecule has 0 spiro atoms. The predicted molar refractivity (Wildman–Crippen MR) is 58.6 cm³/mol. The van der Waals surface area contributed by atoms with Gasteiger partial charge in [-0.15, -0.1) is 0 Å². The van der Waals surface area contributed by atoms with Gasteiger partial charge in [0.1, 0.15) is 18.2 Å². The maximum atomic E-state index is 11.3. The van der Waals surface area contributed by atoms with Crippen LogP contribution in [0.3, 0.4) is 0 Å². The van der Waals surface area contributed by atoms with E-state index in [-0.39, 0.29) is 12.0 Å². The second-order valence-corrected chi connectivity index (χ2v) is 3.35. The van der Waals surface area contributed by atoms with Crippen molar-refractivity contribution in [3.8, 4) is 0 Å². The Bertz CT molecular complexity index is 337. The molecule has 1 heterocycles. The third kappa shape index (κ3) is 3.30. The van der Waals surface area contributed by atoms with E-state index >= 15 is 0 Å². The summed E-state index contributed by atoms with van der Waals surface area (Å²) in [7, 11) is 0. The molecule has 1 unspecified atom stereocenters. The van der Waals surface area contributed by atoms with E-state index in [1.807, 2.05) is 6.92 Å². The predicted octanol–water partition coefficient (Wildman–Crippen LogP) is 0.339. The van der Waals surface area contributed by atoms with E-state index in [9.17, 15) is 4.79 Å². The van der Waals surface area contributed by atoms with Gasteiger partial charge in [0.2, 0.25) is 0 Å². The summed E-state index contributed by atoms with van der Waals surface area (Å²) >= 11 is 0. The number of rotatable bonds is 6. The summed E-state index contributed by atoms with van der Waals surface area (Å²) in [6.07, 6.45) is 1.51. The molecule has 0 aliphatic rings. The van der Waals surface area contributed by atoms with Crippen LogP contribution in [-0.2, 0) is 22.6 Å². The van der Waals surface area contributed by atoms with E-state index < -0.39 is 0 Å². The van der Waals surface area contributed by atoms with Crippen LogP contribution in [-0.4, -0.2) is 33.4 Å². The SMILES string of the molecule is CCOC(=O)C(C)NCc1ncnn1CC. The highest BCUT2D eigenvalue weighted by Gasteiger charge is 2.14. The summed E-state index contributed by atoms with van der Waals surface area (Å²) in [6, 6.07) is -0.332. The van der Waals surface area contributed by atoms with Gasteiger partial charge in [-0.25, -0.2) is 9.67 Å². The molecule has 0 aromatic carbocycles. The van der Waals surface area contributed by atoms with Crippen molar-refractivity contribution in [2.75, 3.05) is 6.61 Å². The van der Waals surface area contributed by atoms with Gasteiger partial charge in [-0.2, -0.15) is 5.10 Å². The highest BCUT2D eigenvalue weighted by atomic mass is 16.5. The Morgan fingerprint density at radius 3 is 3.00 bits per heavy atom. The normalized spacial score (nSPS) is 12.4. The van der Waals surface area contributed by atoms with Gasteiger partial charge in [-0.1, -0.05) is 0 Å². The molecule has 0 saturated heterocycles. The average molecular weight is 226 g/mol. The lowest BCUT2D eigenvalue weighted by atomic mass is 10.3. The summed E-state index contributed by atoms with van der Waals surface area (Å²) in [4.78, 5) is 15.4. The maximum Gasteiger partial charge on any atom is 0.322 e. The van der Waals surface area contributed by atoms with Crippen LogP contribution in [0.25, 0.3) is 0 Å². The molecule has 0 saturated carbocycles. The number of nitrogens with zero attached hydrogens (tertiary/aromatic N) is 3. The highest BCUT2D eigenvalue weighted by molar-refractivity contribution is 5.75. The number of hydrogen-bond donors (Lipinski definition) is 1. The Morgan fingerprint density at radius 1 is 1.62 bits per heavy atom. The topological polar surface area (TPSA) is 69.0 Å². The Balaban J connectivity index is 2.42. The lowest BCUT2D eigenvalue weighted by Crippen LogP contribution is -2.35. The van der Waals surface area contributed by atoms with Gasteiger partial charge < -0.3 is 4.74 Å². The van der Waals surface area contributed by atoms with Gasteiger partial charge >= 0.3 is 5.97 Å². The van der Waals surface area contributed by atoms with E-state index in [2.05, 4.69) is 15.4 Å². The summed E-state index contributed by atoms with van der Waals surface area (Å²) in [5.41, 5.74) is 0.